The maximum absolute atomic E-state index is 13.0. The minimum atomic E-state index is -0.0259. The molecular formula is C18H28ClN3O4. The molecule has 2 heterocycles. The van der Waals surface area contributed by atoms with Crippen LogP contribution in [0.15, 0.2) is 12.1 Å². The maximum Gasteiger partial charge on any atom is 0.257 e. The third kappa shape index (κ3) is 4.00. The lowest BCUT2D eigenvalue weighted by atomic mass is 10.1. The minimum absolute atomic E-state index is 0. The molecule has 0 spiro atoms. The van der Waals surface area contributed by atoms with Crippen molar-refractivity contribution < 1.29 is 19.0 Å². The second kappa shape index (κ2) is 9.30. The summed E-state index contributed by atoms with van der Waals surface area (Å²) in [6, 6.07) is 4.10. The Morgan fingerprint density at radius 2 is 1.73 bits per heavy atom. The Bertz CT molecular complexity index is 615. The van der Waals surface area contributed by atoms with Crippen molar-refractivity contribution in [2.45, 2.75) is 12.5 Å². The van der Waals surface area contributed by atoms with Gasteiger partial charge in [0.1, 0.15) is 0 Å². The van der Waals surface area contributed by atoms with Gasteiger partial charge in [0, 0.05) is 38.8 Å². The molecule has 8 heteroatoms. The van der Waals surface area contributed by atoms with Crippen LogP contribution in [0.5, 0.6) is 17.2 Å². The number of piperazine rings is 1. The van der Waals surface area contributed by atoms with Gasteiger partial charge in [0.25, 0.3) is 5.91 Å². The third-order valence-corrected chi connectivity index (χ3v) is 5.09. The molecule has 1 atom stereocenters. The van der Waals surface area contributed by atoms with E-state index in [-0.39, 0.29) is 18.3 Å². The fraction of sp³-hybridized carbons (Fsp3) is 0.611. The topological polar surface area (TPSA) is 63.3 Å². The van der Waals surface area contributed by atoms with Crippen molar-refractivity contribution >= 4 is 18.3 Å². The molecule has 0 bridgehead atoms. The lowest BCUT2D eigenvalue weighted by Gasteiger charge is -2.38. The van der Waals surface area contributed by atoms with Gasteiger partial charge in [-0.25, -0.2) is 0 Å². The fourth-order valence-corrected chi connectivity index (χ4v) is 3.68. The lowest BCUT2D eigenvalue weighted by molar-refractivity contribution is 0.0580. The highest BCUT2D eigenvalue weighted by atomic mass is 35.5. The summed E-state index contributed by atoms with van der Waals surface area (Å²) in [5.41, 5.74) is 0.510. The summed E-state index contributed by atoms with van der Waals surface area (Å²) < 4.78 is 16.1. The number of nitrogens with one attached hydrogen (secondary N) is 1. The summed E-state index contributed by atoms with van der Waals surface area (Å²) in [4.78, 5) is 17.4. The monoisotopic (exact) mass is 385 g/mol. The number of rotatable bonds is 5. The number of methoxy groups -OCH3 is 3. The Balaban J connectivity index is 0.00000243. The average molecular weight is 386 g/mol. The molecule has 2 fully saturated rings. The molecule has 1 amide bonds. The van der Waals surface area contributed by atoms with E-state index in [0.717, 1.165) is 39.3 Å². The van der Waals surface area contributed by atoms with Crippen LogP contribution >= 0.6 is 12.4 Å². The molecule has 1 unspecified atom stereocenters. The number of carbonyl (C=O) groups is 1. The molecule has 2 aliphatic rings. The first-order chi connectivity index (χ1) is 12.2. The second-order valence-corrected chi connectivity index (χ2v) is 6.36. The Hall–Kier alpha value is -1.70. The first-order valence-corrected chi connectivity index (χ1v) is 8.72. The molecule has 0 aliphatic carbocycles. The van der Waals surface area contributed by atoms with Crippen LogP contribution in [0.2, 0.25) is 0 Å². The number of benzene rings is 1. The molecule has 2 aliphatic heterocycles. The van der Waals surface area contributed by atoms with Crippen molar-refractivity contribution in [3.05, 3.63) is 17.7 Å². The molecule has 1 N–H and O–H groups in total. The van der Waals surface area contributed by atoms with E-state index in [1.165, 1.54) is 6.42 Å². The zero-order valence-corrected chi connectivity index (χ0v) is 16.4. The van der Waals surface area contributed by atoms with E-state index in [1.807, 2.05) is 4.90 Å². The van der Waals surface area contributed by atoms with Crippen LogP contribution in [-0.4, -0.2) is 82.3 Å². The van der Waals surface area contributed by atoms with E-state index in [1.54, 1.807) is 33.5 Å². The summed E-state index contributed by atoms with van der Waals surface area (Å²) in [7, 11) is 4.65. The smallest absolute Gasteiger partial charge is 0.257 e. The van der Waals surface area contributed by atoms with E-state index in [9.17, 15) is 4.79 Å². The first-order valence-electron chi connectivity index (χ1n) is 8.72. The van der Waals surface area contributed by atoms with E-state index in [2.05, 4.69) is 10.2 Å². The van der Waals surface area contributed by atoms with Gasteiger partial charge in [0.2, 0.25) is 5.75 Å². The quantitative estimate of drug-likeness (QED) is 0.823. The van der Waals surface area contributed by atoms with Gasteiger partial charge in [-0.05, 0) is 25.1 Å². The Kier molecular flexibility index (Phi) is 7.37. The van der Waals surface area contributed by atoms with Gasteiger partial charge in [-0.1, -0.05) is 0 Å². The molecule has 2 saturated heterocycles. The lowest BCUT2D eigenvalue weighted by Crippen LogP contribution is -2.52. The van der Waals surface area contributed by atoms with Crippen molar-refractivity contribution in [2.75, 3.05) is 60.6 Å². The van der Waals surface area contributed by atoms with Gasteiger partial charge >= 0.3 is 0 Å². The molecule has 1 aromatic rings. The van der Waals surface area contributed by atoms with E-state index in [0.29, 0.717) is 28.9 Å². The first kappa shape index (κ1) is 20.6. The highest BCUT2D eigenvalue weighted by Gasteiger charge is 2.30. The molecular weight excluding hydrogens is 358 g/mol. The number of hydrogen-bond acceptors (Lipinski definition) is 6. The SMILES string of the molecule is COc1ccc(C(=O)N2CCN(C3CCNC3)CC2)c(OC)c1OC.Cl. The molecule has 0 radical (unpaired) electrons. The highest BCUT2D eigenvalue weighted by Crippen LogP contribution is 2.40. The van der Waals surface area contributed by atoms with Gasteiger partial charge in [-0.2, -0.15) is 0 Å². The molecule has 26 heavy (non-hydrogen) atoms. The predicted octanol–water partition coefficient (Wildman–Crippen LogP) is 1.25. The molecule has 0 saturated carbocycles. The molecule has 1 aromatic carbocycles. The maximum atomic E-state index is 13.0. The fourth-order valence-electron chi connectivity index (χ4n) is 3.68. The Morgan fingerprint density at radius 3 is 2.27 bits per heavy atom. The van der Waals surface area contributed by atoms with Crippen LogP contribution in [0.1, 0.15) is 16.8 Å². The van der Waals surface area contributed by atoms with Crippen LogP contribution in [0.25, 0.3) is 0 Å². The van der Waals surface area contributed by atoms with Crippen LogP contribution < -0.4 is 19.5 Å². The molecule has 7 nitrogen and oxygen atoms in total. The van der Waals surface area contributed by atoms with Crippen LogP contribution in [0.4, 0.5) is 0 Å². The largest absolute Gasteiger partial charge is 0.493 e. The second-order valence-electron chi connectivity index (χ2n) is 6.36. The summed E-state index contributed by atoms with van der Waals surface area (Å²) in [5, 5.41) is 3.40. The molecule has 146 valence electrons. The number of amides is 1. The van der Waals surface area contributed by atoms with Gasteiger partial charge in [0.15, 0.2) is 11.5 Å². The minimum Gasteiger partial charge on any atom is -0.493 e. The van der Waals surface area contributed by atoms with Crippen molar-refractivity contribution in [3.63, 3.8) is 0 Å². The number of halogens is 1. The van der Waals surface area contributed by atoms with Gasteiger partial charge < -0.3 is 24.4 Å². The predicted molar refractivity (Wildman–Crippen MR) is 102 cm³/mol. The number of carbonyl (C=O) groups excluding carboxylic acids is 1. The number of hydrogen-bond donors (Lipinski definition) is 1. The number of ether oxygens (including phenoxy) is 3. The van der Waals surface area contributed by atoms with Gasteiger partial charge in [-0.15, -0.1) is 12.4 Å². The average Bonchev–Trinajstić information content (AvgIpc) is 3.21. The van der Waals surface area contributed by atoms with Crippen LogP contribution in [-0.2, 0) is 0 Å². The van der Waals surface area contributed by atoms with Gasteiger partial charge in [-0.3, -0.25) is 9.69 Å². The zero-order valence-electron chi connectivity index (χ0n) is 15.6. The molecule has 3 rings (SSSR count). The van der Waals surface area contributed by atoms with Crippen molar-refractivity contribution in [1.29, 1.82) is 0 Å². The van der Waals surface area contributed by atoms with E-state index in [4.69, 9.17) is 14.2 Å². The van der Waals surface area contributed by atoms with Gasteiger partial charge in [0.05, 0.1) is 26.9 Å². The summed E-state index contributed by atoms with van der Waals surface area (Å²) in [5.74, 6) is 1.40. The Morgan fingerprint density at radius 1 is 1.04 bits per heavy atom. The number of nitrogens with zero attached hydrogens (tertiary/aromatic N) is 2. The normalized spacial score (nSPS) is 20.4. The summed E-state index contributed by atoms with van der Waals surface area (Å²) in [6.07, 6.45) is 1.19. The summed E-state index contributed by atoms with van der Waals surface area (Å²) >= 11 is 0. The van der Waals surface area contributed by atoms with Crippen molar-refractivity contribution in [2.24, 2.45) is 0 Å². The van der Waals surface area contributed by atoms with E-state index < -0.39 is 0 Å². The van der Waals surface area contributed by atoms with E-state index >= 15 is 0 Å². The highest BCUT2D eigenvalue weighted by molar-refractivity contribution is 5.98. The van der Waals surface area contributed by atoms with Crippen molar-refractivity contribution in [1.82, 2.24) is 15.1 Å². The van der Waals surface area contributed by atoms with Crippen LogP contribution in [0.3, 0.4) is 0 Å². The third-order valence-electron chi connectivity index (χ3n) is 5.09. The van der Waals surface area contributed by atoms with Crippen molar-refractivity contribution in [3.8, 4) is 17.2 Å². The Labute approximate surface area is 161 Å². The molecule has 0 aromatic heterocycles. The zero-order chi connectivity index (χ0) is 17.8. The standard InChI is InChI=1S/C18H27N3O4.ClH/c1-23-15-5-4-14(16(24-2)17(15)25-3)18(22)21-10-8-20(9-11-21)13-6-7-19-12-13;/h4-5,13,19H,6-12H2,1-3H3;1H. The summed E-state index contributed by atoms with van der Waals surface area (Å²) in [6.45, 7) is 5.42. The van der Waals surface area contributed by atoms with Crippen LogP contribution in [0, 0.1) is 0 Å².